The van der Waals surface area contributed by atoms with Crippen LogP contribution >= 0.6 is 15.9 Å². The second-order valence-corrected chi connectivity index (χ2v) is 8.48. The van der Waals surface area contributed by atoms with E-state index in [4.69, 9.17) is 5.73 Å². The molecule has 0 amide bonds. The Labute approximate surface area is 134 Å². The Morgan fingerprint density at radius 1 is 1.43 bits per heavy atom. The van der Waals surface area contributed by atoms with Crippen molar-refractivity contribution in [2.75, 3.05) is 12.3 Å². The van der Waals surface area contributed by atoms with Crippen molar-refractivity contribution in [3.05, 3.63) is 22.7 Å². The normalized spacial score (nSPS) is 26.7. The predicted molar refractivity (Wildman–Crippen MR) is 86.3 cm³/mol. The van der Waals surface area contributed by atoms with E-state index >= 15 is 0 Å². The van der Waals surface area contributed by atoms with E-state index in [1.165, 1.54) is 6.07 Å². The number of sulfonamides is 1. The standard InChI is InChI=1S/C14H21BrN2O3S/c1-10-4-6-14(9-18,7-5-10)17-21(19,20)13-3-2-11(15)8-12(13)16/h2-3,8,10,17-18H,4-7,9,16H2,1H3. The summed E-state index contributed by atoms with van der Waals surface area (Å²) in [5.41, 5.74) is 5.22. The summed E-state index contributed by atoms with van der Waals surface area (Å²) in [7, 11) is -3.75. The molecule has 0 atom stereocenters. The molecule has 0 bridgehead atoms. The zero-order valence-electron chi connectivity index (χ0n) is 12.0. The summed E-state index contributed by atoms with van der Waals surface area (Å²) in [5.74, 6) is 0.562. The van der Waals surface area contributed by atoms with Crippen LogP contribution in [0, 0.1) is 5.92 Å². The van der Waals surface area contributed by atoms with Gasteiger partial charge in [-0.1, -0.05) is 22.9 Å². The van der Waals surface area contributed by atoms with Gasteiger partial charge in [0.25, 0.3) is 0 Å². The lowest BCUT2D eigenvalue weighted by molar-refractivity contribution is 0.125. The summed E-state index contributed by atoms with van der Waals surface area (Å²) in [6.45, 7) is 1.94. The number of hydrogen-bond donors (Lipinski definition) is 3. The van der Waals surface area contributed by atoms with Gasteiger partial charge in [-0.3, -0.25) is 0 Å². The minimum atomic E-state index is -3.75. The van der Waals surface area contributed by atoms with E-state index in [2.05, 4.69) is 27.6 Å². The van der Waals surface area contributed by atoms with E-state index in [9.17, 15) is 13.5 Å². The van der Waals surface area contributed by atoms with E-state index in [1.807, 2.05) is 0 Å². The molecule has 0 spiro atoms. The second kappa shape index (κ2) is 6.24. The van der Waals surface area contributed by atoms with Crippen LogP contribution in [0.2, 0.25) is 0 Å². The highest BCUT2D eigenvalue weighted by Gasteiger charge is 2.38. The smallest absolute Gasteiger partial charge is 0.243 e. The first-order valence-electron chi connectivity index (χ1n) is 6.98. The fourth-order valence-electron chi connectivity index (χ4n) is 2.71. The summed E-state index contributed by atoms with van der Waals surface area (Å²) in [5, 5.41) is 9.69. The molecule has 0 unspecified atom stereocenters. The molecule has 0 saturated heterocycles. The molecule has 118 valence electrons. The Kier molecular flexibility index (Phi) is 4.97. The van der Waals surface area contributed by atoms with E-state index < -0.39 is 15.6 Å². The van der Waals surface area contributed by atoms with Crippen LogP contribution in [0.1, 0.15) is 32.6 Å². The molecule has 5 nitrogen and oxygen atoms in total. The van der Waals surface area contributed by atoms with Crippen LogP contribution in [0.25, 0.3) is 0 Å². The molecule has 0 radical (unpaired) electrons. The Hall–Kier alpha value is -0.630. The van der Waals surface area contributed by atoms with Crippen molar-refractivity contribution in [3.8, 4) is 0 Å². The maximum Gasteiger partial charge on any atom is 0.243 e. The third kappa shape index (κ3) is 3.77. The van der Waals surface area contributed by atoms with Gasteiger partial charge in [-0.05, 0) is 49.8 Å². The van der Waals surface area contributed by atoms with E-state index in [0.29, 0.717) is 18.8 Å². The van der Waals surface area contributed by atoms with Crippen LogP contribution < -0.4 is 10.5 Å². The topological polar surface area (TPSA) is 92.4 Å². The van der Waals surface area contributed by atoms with Gasteiger partial charge < -0.3 is 10.8 Å². The summed E-state index contributed by atoms with van der Waals surface area (Å²) in [4.78, 5) is 0.0529. The Morgan fingerprint density at radius 2 is 2.05 bits per heavy atom. The van der Waals surface area contributed by atoms with E-state index in [1.54, 1.807) is 12.1 Å². The molecular weight excluding hydrogens is 356 g/mol. The minimum absolute atomic E-state index is 0.0529. The molecule has 1 saturated carbocycles. The number of anilines is 1. The van der Waals surface area contributed by atoms with Crippen LogP contribution in [0.15, 0.2) is 27.6 Å². The molecule has 7 heteroatoms. The van der Waals surface area contributed by atoms with Crippen molar-refractivity contribution < 1.29 is 13.5 Å². The molecule has 4 N–H and O–H groups in total. The molecule has 1 aromatic rings. The lowest BCUT2D eigenvalue weighted by Gasteiger charge is -2.38. The molecular formula is C14H21BrN2O3S. The molecule has 1 aliphatic rings. The summed E-state index contributed by atoms with van der Waals surface area (Å²) in [6, 6.07) is 4.67. The Morgan fingerprint density at radius 3 is 2.57 bits per heavy atom. The predicted octanol–water partition coefficient (Wildman–Crippen LogP) is 2.25. The third-order valence-corrected chi connectivity index (χ3v) is 6.29. The average molecular weight is 377 g/mol. The van der Waals surface area contributed by atoms with Gasteiger partial charge in [-0.2, -0.15) is 0 Å². The number of halogens is 1. The van der Waals surface area contributed by atoms with Gasteiger partial charge in [0, 0.05) is 4.47 Å². The summed E-state index contributed by atoms with van der Waals surface area (Å²) >= 11 is 3.26. The van der Waals surface area contributed by atoms with Gasteiger partial charge in [0.2, 0.25) is 10.0 Å². The number of nitrogens with one attached hydrogen (secondary N) is 1. The SMILES string of the molecule is CC1CCC(CO)(NS(=O)(=O)c2ccc(Br)cc2N)CC1. The summed E-state index contributed by atoms with van der Waals surface area (Å²) < 4.78 is 28.5. The first kappa shape index (κ1) is 16.7. The van der Waals surface area contributed by atoms with Gasteiger partial charge in [0.05, 0.1) is 17.8 Å². The largest absolute Gasteiger partial charge is 0.398 e. The first-order valence-corrected chi connectivity index (χ1v) is 9.25. The van der Waals surface area contributed by atoms with Crippen LogP contribution in [-0.2, 0) is 10.0 Å². The highest BCUT2D eigenvalue weighted by atomic mass is 79.9. The Balaban J connectivity index is 2.27. The molecule has 0 aliphatic heterocycles. The van der Waals surface area contributed by atoms with E-state index in [-0.39, 0.29) is 17.2 Å². The molecule has 0 aromatic heterocycles. The van der Waals surface area contributed by atoms with E-state index in [0.717, 1.165) is 17.3 Å². The molecule has 1 fully saturated rings. The van der Waals surface area contributed by atoms with Gasteiger partial charge in [-0.25, -0.2) is 13.1 Å². The van der Waals surface area contributed by atoms with Crippen molar-refractivity contribution in [1.29, 1.82) is 0 Å². The van der Waals surface area contributed by atoms with Crippen LogP contribution in [0.5, 0.6) is 0 Å². The lowest BCUT2D eigenvalue weighted by Crippen LogP contribution is -2.53. The first-order chi connectivity index (χ1) is 9.78. The van der Waals surface area contributed by atoms with Crippen molar-refractivity contribution in [2.45, 2.75) is 43.0 Å². The number of nitrogens with two attached hydrogens (primary N) is 1. The highest BCUT2D eigenvalue weighted by molar-refractivity contribution is 9.10. The van der Waals surface area contributed by atoms with Crippen LogP contribution in [-0.4, -0.2) is 25.7 Å². The number of aliphatic hydroxyl groups is 1. The molecule has 21 heavy (non-hydrogen) atoms. The zero-order valence-corrected chi connectivity index (χ0v) is 14.4. The fourth-order valence-corrected chi connectivity index (χ4v) is 4.66. The van der Waals surface area contributed by atoms with Gasteiger partial charge in [0.15, 0.2) is 0 Å². The summed E-state index contributed by atoms with van der Waals surface area (Å²) in [6.07, 6.45) is 3.08. The van der Waals surface area contributed by atoms with Gasteiger partial charge in [0.1, 0.15) is 4.90 Å². The minimum Gasteiger partial charge on any atom is -0.398 e. The molecule has 1 aromatic carbocycles. The maximum absolute atomic E-state index is 12.6. The average Bonchev–Trinajstić information content (AvgIpc) is 2.41. The monoisotopic (exact) mass is 376 g/mol. The number of benzene rings is 1. The zero-order chi connectivity index (χ0) is 15.7. The number of rotatable bonds is 4. The van der Waals surface area contributed by atoms with Gasteiger partial charge >= 0.3 is 0 Å². The Bertz CT molecular complexity index is 611. The fraction of sp³-hybridized carbons (Fsp3) is 0.571. The number of aliphatic hydroxyl groups excluding tert-OH is 1. The van der Waals surface area contributed by atoms with Crippen LogP contribution in [0.3, 0.4) is 0 Å². The highest BCUT2D eigenvalue weighted by Crippen LogP contribution is 2.33. The second-order valence-electron chi connectivity index (χ2n) is 5.91. The molecule has 2 rings (SSSR count). The maximum atomic E-state index is 12.6. The van der Waals surface area contributed by atoms with Crippen molar-refractivity contribution >= 4 is 31.6 Å². The van der Waals surface area contributed by atoms with Crippen LogP contribution in [0.4, 0.5) is 5.69 Å². The van der Waals surface area contributed by atoms with Gasteiger partial charge in [-0.15, -0.1) is 0 Å². The number of hydrogen-bond acceptors (Lipinski definition) is 4. The van der Waals surface area contributed by atoms with Crippen molar-refractivity contribution in [2.24, 2.45) is 5.92 Å². The van der Waals surface area contributed by atoms with Crippen molar-refractivity contribution in [3.63, 3.8) is 0 Å². The molecule has 1 aliphatic carbocycles. The molecule has 0 heterocycles. The lowest BCUT2D eigenvalue weighted by atomic mass is 9.78. The number of nitrogen functional groups attached to an aromatic ring is 1. The quantitative estimate of drug-likeness (QED) is 0.702. The third-order valence-electron chi connectivity index (χ3n) is 4.15. The van der Waals surface area contributed by atoms with Crippen molar-refractivity contribution in [1.82, 2.24) is 4.72 Å².